The van der Waals surface area contributed by atoms with Crippen molar-refractivity contribution in [2.75, 3.05) is 26.3 Å². The Hall–Kier alpha value is -2.67. The summed E-state index contributed by atoms with van der Waals surface area (Å²) in [4.78, 5) is 14.3. The summed E-state index contributed by atoms with van der Waals surface area (Å²) in [6, 6.07) is 18.0. The highest BCUT2D eigenvalue weighted by Gasteiger charge is 2.22. The molecule has 8 heteroatoms. The third kappa shape index (κ3) is 4.73. The molecule has 0 aliphatic carbocycles. The average molecular weight is 444 g/mol. The van der Waals surface area contributed by atoms with Gasteiger partial charge in [-0.25, -0.2) is 0 Å². The fourth-order valence-electron chi connectivity index (χ4n) is 3.18. The van der Waals surface area contributed by atoms with Crippen LogP contribution in [-0.4, -0.2) is 47.3 Å². The van der Waals surface area contributed by atoms with Crippen LogP contribution in [0.3, 0.4) is 0 Å². The van der Waals surface area contributed by atoms with Gasteiger partial charge in [0.25, 0.3) is 5.91 Å². The van der Waals surface area contributed by atoms with Gasteiger partial charge in [0.15, 0.2) is 11.8 Å². The number of hydrogen-bond donors (Lipinski definition) is 0. The molecule has 154 valence electrons. The van der Waals surface area contributed by atoms with Crippen LogP contribution in [0.5, 0.6) is 5.88 Å². The van der Waals surface area contributed by atoms with E-state index >= 15 is 0 Å². The monoisotopic (exact) mass is 443 g/mol. The summed E-state index contributed by atoms with van der Waals surface area (Å²) in [6.45, 7) is 2.15. The molecular weight excluding hydrogens is 425 g/mol. The molecule has 1 unspecified atom stereocenters. The molecule has 1 atom stereocenters. The van der Waals surface area contributed by atoms with Crippen LogP contribution in [0.2, 0.25) is 10.0 Å². The van der Waals surface area contributed by atoms with Gasteiger partial charge in [0.1, 0.15) is 0 Å². The van der Waals surface area contributed by atoms with Gasteiger partial charge in [-0.15, -0.1) is 10.2 Å². The van der Waals surface area contributed by atoms with Crippen molar-refractivity contribution in [3.8, 4) is 5.88 Å². The summed E-state index contributed by atoms with van der Waals surface area (Å²) in [5.41, 5.74) is 1.92. The Morgan fingerprint density at radius 2 is 1.70 bits per heavy atom. The quantitative estimate of drug-likeness (QED) is 0.583. The van der Waals surface area contributed by atoms with E-state index in [9.17, 15) is 4.79 Å². The molecule has 1 aliphatic rings. The van der Waals surface area contributed by atoms with Crippen molar-refractivity contribution in [2.45, 2.75) is 6.10 Å². The molecule has 3 aromatic rings. The minimum Gasteiger partial charge on any atom is -0.463 e. The van der Waals surface area contributed by atoms with E-state index in [0.29, 0.717) is 36.3 Å². The average Bonchev–Trinajstić information content (AvgIpc) is 2.79. The topological polar surface area (TPSA) is 64.5 Å². The summed E-state index contributed by atoms with van der Waals surface area (Å²) in [7, 11) is 0. The molecule has 0 N–H and O–H groups in total. The summed E-state index contributed by atoms with van der Waals surface area (Å²) in [5.74, 6) is 0.117. The van der Waals surface area contributed by atoms with Crippen LogP contribution in [0.4, 0.5) is 0 Å². The highest BCUT2D eigenvalue weighted by atomic mass is 35.5. The van der Waals surface area contributed by atoms with Gasteiger partial charge < -0.3 is 14.4 Å². The van der Waals surface area contributed by atoms with Gasteiger partial charge in [-0.2, -0.15) is 0 Å². The number of amides is 1. The number of rotatable bonds is 5. The van der Waals surface area contributed by atoms with Crippen molar-refractivity contribution in [3.05, 3.63) is 87.5 Å². The van der Waals surface area contributed by atoms with E-state index in [1.54, 1.807) is 35.2 Å². The number of carbonyl (C=O) groups excluding carboxylic acids is 1. The lowest BCUT2D eigenvalue weighted by atomic mass is 10.0. The Morgan fingerprint density at radius 3 is 2.37 bits per heavy atom. The molecule has 2 heterocycles. The van der Waals surface area contributed by atoms with Gasteiger partial charge in [0.05, 0.1) is 13.2 Å². The number of carbonyl (C=O) groups is 1. The lowest BCUT2D eigenvalue weighted by Gasteiger charge is -2.26. The number of aromatic nitrogens is 2. The molecule has 0 bridgehead atoms. The fraction of sp³-hybridized carbons (Fsp3) is 0.227. The zero-order valence-electron chi connectivity index (χ0n) is 16.0. The first-order valence-electron chi connectivity index (χ1n) is 9.49. The molecule has 1 amide bonds. The van der Waals surface area contributed by atoms with Crippen molar-refractivity contribution < 1.29 is 14.3 Å². The van der Waals surface area contributed by atoms with E-state index in [0.717, 1.165) is 11.1 Å². The predicted octanol–water partition coefficient (Wildman–Crippen LogP) is 4.42. The number of ether oxygens (including phenoxy) is 2. The normalized spacial score (nSPS) is 14.9. The molecule has 4 rings (SSSR count). The van der Waals surface area contributed by atoms with E-state index in [4.69, 9.17) is 32.7 Å². The van der Waals surface area contributed by atoms with Gasteiger partial charge in [0, 0.05) is 34.8 Å². The Bertz CT molecular complexity index is 1010. The van der Waals surface area contributed by atoms with Crippen LogP contribution >= 0.6 is 23.2 Å². The lowest BCUT2D eigenvalue weighted by molar-refractivity contribution is 0.0298. The van der Waals surface area contributed by atoms with Crippen molar-refractivity contribution in [2.24, 2.45) is 0 Å². The van der Waals surface area contributed by atoms with Crippen molar-refractivity contribution in [3.63, 3.8) is 0 Å². The first-order valence-corrected chi connectivity index (χ1v) is 10.2. The Morgan fingerprint density at radius 1 is 0.967 bits per heavy atom. The van der Waals surface area contributed by atoms with Gasteiger partial charge in [-0.3, -0.25) is 4.79 Å². The molecule has 0 radical (unpaired) electrons. The SMILES string of the molecule is O=C(c1ccc(OC(c2ccc(Cl)cc2)c2ccccc2Cl)nn1)N1CCOCC1. The van der Waals surface area contributed by atoms with Gasteiger partial charge in [-0.05, 0) is 29.8 Å². The van der Waals surface area contributed by atoms with Gasteiger partial charge >= 0.3 is 0 Å². The number of morpholine rings is 1. The maximum absolute atomic E-state index is 12.5. The first kappa shape index (κ1) is 20.6. The fourth-order valence-corrected chi connectivity index (χ4v) is 3.54. The zero-order valence-corrected chi connectivity index (χ0v) is 17.5. The molecule has 30 heavy (non-hydrogen) atoms. The lowest BCUT2D eigenvalue weighted by Crippen LogP contribution is -2.41. The van der Waals surface area contributed by atoms with E-state index in [-0.39, 0.29) is 17.5 Å². The van der Waals surface area contributed by atoms with E-state index < -0.39 is 6.10 Å². The van der Waals surface area contributed by atoms with Crippen molar-refractivity contribution >= 4 is 29.1 Å². The molecule has 2 aromatic carbocycles. The minimum atomic E-state index is -0.508. The summed E-state index contributed by atoms with van der Waals surface area (Å²) >= 11 is 12.4. The third-order valence-electron chi connectivity index (χ3n) is 4.76. The molecule has 0 spiro atoms. The van der Waals surface area contributed by atoms with Crippen LogP contribution in [-0.2, 0) is 4.74 Å². The standard InChI is InChI=1S/C22H19Cl2N3O3/c23-16-7-5-15(6-8-16)21(17-3-1-2-4-18(17)24)30-20-10-9-19(25-26-20)22(28)27-11-13-29-14-12-27/h1-10,21H,11-14H2. The zero-order chi connectivity index (χ0) is 20.9. The molecular formula is C22H19Cl2N3O3. The second-order valence-electron chi connectivity index (χ2n) is 6.73. The first-order chi connectivity index (χ1) is 14.6. The number of hydrogen-bond acceptors (Lipinski definition) is 5. The van der Waals surface area contributed by atoms with Crippen molar-refractivity contribution in [1.29, 1.82) is 0 Å². The van der Waals surface area contributed by atoms with E-state index in [2.05, 4.69) is 10.2 Å². The van der Waals surface area contributed by atoms with Crippen LogP contribution in [0.15, 0.2) is 60.7 Å². The second kappa shape index (κ2) is 9.43. The molecule has 1 aliphatic heterocycles. The maximum atomic E-state index is 12.5. The Kier molecular flexibility index (Phi) is 6.47. The number of halogens is 2. The van der Waals surface area contributed by atoms with Crippen LogP contribution < -0.4 is 4.74 Å². The van der Waals surface area contributed by atoms with Crippen LogP contribution in [0, 0.1) is 0 Å². The largest absolute Gasteiger partial charge is 0.463 e. The predicted molar refractivity (Wildman–Crippen MR) is 114 cm³/mol. The molecule has 1 aromatic heterocycles. The second-order valence-corrected chi connectivity index (χ2v) is 7.58. The molecule has 0 saturated carbocycles. The van der Waals surface area contributed by atoms with Crippen molar-refractivity contribution in [1.82, 2.24) is 15.1 Å². The molecule has 1 fully saturated rings. The maximum Gasteiger partial charge on any atom is 0.274 e. The molecule has 1 saturated heterocycles. The Labute approximate surface area is 184 Å². The highest BCUT2D eigenvalue weighted by molar-refractivity contribution is 6.31. The summed E-state index contributed by atoms with van der Waals surface area (Å²) in [6.07, 6.45) is -0.508. The Balaban J connectivity index is 1.57. The number of benzene rings is 2. The summed E-state index contributed by atoms with van der Waals surface area (Å²) in [5, 5.41) is 9.38. The minimum absolute atomic E-state index is 0.169. The highest BCUT2D eigenvalue weighted by Crippen LogP contribution is 2.32. The van der Waals surface area contributed by atoms with Gasteiger partial charge in [0.2, 0.25) is 5.88 Å². The van der Waals surface area contributed by atoms with Gasteiger partial charge in [-0.1, -0.05) is 53.5 Å². The number of nitrogens with zero attached hydrogens (tertiary/aromatic N) is 3. The summed E-state index contributed by atoms with van der Waals surface area (Å²) < 4.78 is 11.4. The molecule has 6 nitrogen and oxygen atoms in total. The van der Waals surface area contributed by atoms with Crippen LogP contribution in [0.25, 0.3) is 0 Å². The van der Waals surface area contributed by atoms with E-state index in [1.165, 1.54) is 0 Å². The third-order valence-corrected chi connectivity index (χ3v) is 5.35. The van der Waals surface area contributed by atoms with E-state index in [1.807, 2.05) is 30.3 Å². The smallest absolute Gasteiger partial charge is 0.274 e. The van der Waals surface area contributed by atoms with Crippen LogP contribution in [0.1, 0.15) is 27.7 Å².